The van der Waals surface area contributed by atoms with Crippen molar-refractivity contribution in [1.82, 2.24) is 20.6 Å². The first-order chi connectivity index (χ1) is 7.75. The van der Waals surface area contributed by atoms with Crippen LogP contribution in [0.2, 0.25) is 0 Å². The molecule has 0 aliphatic carbocycles. The molecule has 1 saturated heterocycles. The second kappa shape index (κ2) is 4.78. The third kappa shape index (κ3) is 2.59. The molecule has 1 aromatic heterocycles. The Morgan fingerprint density at radius 2 is 2.50 bits per heavy atom. The maximum Gasteiger partial charge on any atom is 0.242 e. The Balaban J connectivity index is 1.70. The zero-order chi connectivity index (χ0) is 11.4. The van der Waals surface area contributed by atoms with E-state index in [1.54, 1.807) is 12.5 Å². The number of rotatable bonds is 4. The van der Waals surface area contributed by atoms with E-state index in [4.69, 9.17) is 0 Å². The van der Waals surface area contributed by atoms with Gasteiger partial charge in [0.2, 0.25) is 11.8 Å². The lowest BCUT2D eigenvalue weighted by Gasteiger charge is -2.10. The molecule has 6 heteroatoms. The van der Waals surface area contributed by atoms with Gasteiger partial charge in [-0.05, 0) is 6.42 Å². The van der Waals surface area contributed by atoms with Crippen LogP contribution in [0.25, 0.3) is 0 Å². The molecule has 0 unspecified atom stereocenters. The van der Waals surface area contributed by atoms with Crippen LogP contribution in [-0.2, 0) is 16.0 Å². The van der Waals surface area contributed by atoms with Gasteiger partial charge in [-0.25, -0.2) is 4.98 Å². The molecule has 0 bridgehead atoms. The van der Waals surface area contributed by atoms with Crippen LogP contribution in [0.5, 0.6) is 0 Å². The molecule has 0 spiro atoms. The smallest absolute Gasteiger partial charge is 0.242 e. The lowest BCUT2D eigenvalue weighted by Crippen LogP contribution is -2.42. The molecule has 2 amide bonds. The lowest BCUT2D eigenvalue weighted by molar-refractivity contribution is -0.125. The maximum atomic E-state index is 11.6. The molecule has 86 valence electrons. The molecular formula is C10H14N4O2. The van der Waals surface area contributed by atoms with E-state index in [1.165, 1.54) is 0 Å². The first-order valence-electron chi connectivity index (χ1n) is 5.30. The summed E-state index contributed by atoms with van der Waals surface area (Å²) in [6.07, 6.45) is 5.08. The van der Waals surface area contributed by atoms with E-state index in [2.05, 4.69) is 20.6 Å². The Bertz CT molecular complexity index is 374. The van der Waals surface area contributed by atoms with E-state index in [-0.39, 0.29) is 17.9 Å². The molecule has 16 heavy (non-hydrogen) atoms. The van der Waals surface area contributed by atoms with Crippen LogP contribution >= 0.6 is 0 Å². The number of hydrogen-bond acceptors (Lipinski definition) is 3. The second-order valence-electron chi connectivity index (χ2n) is 3.78. The van der Waals surface area contributed by atoms with Crippen molar-refractivity contribution in [2.24, 2.45) is 0 Å². The van der Waals surface area contributed by atoms with Crippen LogP contribution in [0.3, 0.4) is 0 Å². The summed E-state index contributed by atoms with van der Waals surface area (Å²) in [7, 11) is 0. The standard InChI is InChI=1S/C10H14N4O2/c15-9-2-1-8(14-9)10(16)12-4-3-7-5-11-6-13-7/h5-6,8H,1-4H2,(H,11,13)(H,12,16)(H,14,15)/t8-/m0/s1. The first kappa shape index (κ1) is 10.7. The van der Waals surface area contributed by atoms with Crippen LogP contribution < -0.4 is 10.6 Å². The lowest BCUT2D eigenvalue weighted by atomic mass is 10.2. The highest BCUT2D eigenvalue weighted by Gasteiger charge is 2.26. The number of nitrogens with zero attached hydrogens (tertiary/aromatic N) is 1. The number of nitrogens with one attached hydrogen (secondary N) is 3. The molecule has 1 aliphatic heterocycles. The average Bonchev–Trinajstić information content (AvgIpc) is 2.89. The molecule has 0 aromatic carbocycles. The van der Waals surface area contributed by atoms with Crippen LogP contribution in [0.1, 0.15) is 18.5 Å². The quantitative estimate of drug-likeness (QED) is 0.632. The Morgan fingerprint density at radius 1 is 1.62 bits per heavy atom. The molecule has 2 heterocycles. The third-order valence-electron chi connectivity index (χ3n) is 2.56. The maximum absolute atomic E-state index is 11.6. The van der Waals surface area contributed by atoms with Gasteiger partial charge < -0.3 is 15.6 Å². The van der Waals surface area contributed by atoms with E-state index in [9.17, 15) is 9.59 Å². The first-order valence-corrected chi connectivity index (χ1v) is 5.30. The van der Waals surface area contributed by atoms with E-state index in [1.807, 2.05) is 0 Å². The molecule has 0 saturated carbocycles. The summed E-state index contributed by atoms with van der Waals surface area (Å²) < 4.78 is 0. The van der Waals surface area contributed by atoms with Gasteiger partial charge in [-0.1, -0.05) is 0 Å². The summed E-state index contributed by atoms with van der Waals surface area (Å²) >= 11 is 0. The fraction of sp³-hybridized carbons (Fsp3) is 0.500. The minimum atomic E-state index is -0.353. The Morgan fingerprint density at radius 3 is 3.12 bits per heavy atom. The Hall–Kier alpha value is -1.85. The van der Waals surface area contributed by atoms with Gasteiger partial charge in [0.15, 0.2) is 0 Å². The molecule has 1 fully saturated rings. The van der Waals surface area contributed by atoms with Gasteiger partial charge in [0, 0.05) is 31.3 Å². The third-order valence-corrected chi connectivity index (χ3v) is 2.56. The fourth-order valence-corrected chi connectivity index (χ4v) is 1.68. The highest BCUT2D eigenvalue weighted by atomic mass is 16.2. The van der Waals surface area contributed by atoms with E-state index in [0.717, 1.165) is 5.69 Å². The predicted molar refractivity (Wildman–Crippen MR) is 56.5 cm³/mol. The van der Waals surface area contributed by atoms with Gasteiger partial charge in [-0.15, -0.1) is 0 Å². The molecular weight excluding hydrogens is 208 g/mol. The van der Waals surface area contributed by atoms with Gasteiger partial charge in [0.25, 0.3) is 0 Å². The van der Waals surface area contributed by atoms with Crippen molar-refractivity contribution in [2.75, 3.05) is 6.54 Å². The summed E-state index contributed by atoms with van der Waals surface area (Å²) in [5.41, 5.74) is 0.982. The monoisotopic (exact) mass is 222 g/mol. The zero-order valence-corrected chi connectivity index (χ0v) is 8.82. The van der Waals surface area contributed by atoms with Crippen molar-refractivity contribution < 1.29 is 9.59 Å². The van der Waals surface area contributed by atoms with Gasteiger partial charge in [-0.3, -0.25) is 9.59 Å². The molecule has 3 N–H and O–H groups in total. The molecule has 1 aromatic rings. The van der Waals surface area contributed by atoms with Crippen LogP contribution in [-0.4, -0.2) is 34.4 Å². The fourth-order valence-electron chi connectivity index (χ4n) is 1.68. The number of carbonyl (C=O) groups excluding carboxylic acids is 2. The number of aromatic nitrogens is 2. The number of H-pyrrole nitrogens is 1. The highest BCUT2D eigenvalue weighted by molar-refractivity contribution is 5.90. The topological polar surface area (TPSA) is 86.9 Å². The second-order valence-corrected chi connectivity index (χ2v) is 3.78. The zero-order valence-electron chi connectivity index (χ0n) is 8.82. The van der Waals surface area contributed by atoms with E-state index >= 15 is 0 Å². The largest absolute Gasteiger partial charge is 0.354 e. The highest BCUT2D eigenvalue weighted by Crippen LogP contribution is 2.06. The Kier molecular flexibility index (Phi) is 3.19. The average molecular weight is 222 g/mol. The van der Waals surface area contributed by atoms with Crippen molar-refractivity contribution in [2.45, 2.75) is 25.3 Å². The van der Waals surface area contributed by atoms with Gasteiger partial charge >= 0.3 is 0 Å². The summed E-state index contributed by atoms with van der Waals surface area (Å²) in [6.45, 7) is 0.549. The van der Waals surface area contributed by atoms with Crippen molar-refractivity contribution in [3.05, 3.63) is 18.2 Å². The van der Waals surface area contributed by atoms with Crippen LogP contribution in [0.15, 0.2) is 12.5 Å². The molecule has 1 aliphatic rings. The number of aromatic amines is 1. The minimum Gasteiger partial charge on any atom is -0.354 e. The Labute approximate surface area is 92.8 Å². The van der Waals surface area contributed by atoms with Crippen LogP contribution in [0.4, 0.5) is 0 Å². The van der Waals surface area contributed by atoms with Crippen molar-refractivity contribution in [1.29, 1.82) is 0 Å². The number of imidazole rings is 1. The summed E-state index contributed by atoms with van der Waals surface area (Å²) in [6, 6.07) is -0.353. The van der Waals surface area contributed by atoms with Crippen molar-refractivity contribution in [3.8, 4) is 0 Å². The SMILES string of the molecule is O=C1CC[C@@H](C(=O)NCCc2cnc[nH]2)N1. The summed E-state index contributed by atoms with van der Waals surface area (Å²) in [5.74, 6) is -0.154. The van der Waals surface area contributed by atoms with Gasteiger partial charge in [0.05, 0.1) is 6.33 Å². The van der Waals surface area contributed by atoms with Crippen LogP contribution in [0, 0.1) is 0 Å². The summed E-state index contributed by atoms with van der Waals surface area (Å²) in [5, 5.41) is 5.41. The number of amides is 2. The van der Waals surface area contributed by atoms with E-state index < -0.39 is 0 Å². The molecule has 2 rings (SSSR count). The molecule has 1 atom stereocenters. The number of carbonyl (C=O) groups is 2. The normalized spacial score (nSPS) is 19.5. The van der Waals surface area contributed by atoms with Crippen molar-refractivity contribution in [3.63, 3.8) is 0 Å². The van der Waals surface area contributed by atoms with Crippen molar-refractivity contribution >= 4 is 11.8 Å². The summed E-state index contributed by atoms with van der Waals surface area (Å²) in [4.78, 5) is 29.3. The molecule has 0 radical (unpaired) electrons. The minimum absolute atomic E-state index is 0.0475. The van der Waals surface area contributed by atoms with Gasteiger partial charge in [0.1, 0.15) is 6.04 Å². The number of hydrogen-bond donors (Lipinski definition) is 3. The predicted octanol–water partition coefficient (Wildman–Crippen LogP) is -0.653. The van der Waals surface area contributed by atoms with Gasteiger partial charge in [-0.2, -0.15) is 0 Å². The van der Waals surface area contributed by atoms with E-state index in [0.29, 0.717) is 25.8 Å². The molecule has 6 nitrogen and oxygen atoms in total.